The minimum Gasteiger partial charge on any atom is -0.459 e. The van der Waals surface area contributed by atoms with Crippen LogP contribution in [0.15, 0.2) is 78.9 Å². The summed E-state index contributed by atoms with van der Waals surface area (Å²) >= 11 is 0. The first-order valence-electron chi connectivity index (χ1n) is 11.3. The predicted octanol–water partition coefficient (Wildman–Crippen LogP) is 6.02. The van der Waals surface area contributed by atoms with Crippen molar-refractivity contribution >= 4 is 17.6 Å². The zero-order valence-corrected chi connectivity index (χ0v) is 19.9. The van der Waals surface area contributed by atoms with E-state index in [4.69, 9.17) is 9.47 Å². The van der Waals surface area contributed by atoms with Crippen molar-refractivity contribution in [2.24, 2.45) is 5.92 Å². The first kappa shape index (κ1) is 24.3. The van der Waals surface area contributed by atoms with Crippen molar-refractivity contribution in [3.63, 3.8) is 0 Å². The topological polar surface area (TPSA) is 55.8 Å². The molecule has 0 heterocycles. The number of amides is 1. The molecule has 0 fully saturated rings. The number of rotatable bonds is 7. The zero-order chi connectivity index (χ0) is 23.8. The maximum Gasteiger partial charge on any atom is 0.410 e. The molecule has 33 heavy (non-hydrogen) atoms. The van der Waals surface area contributed by atoms with Gasteiger partial charge >= 0.3 is 12.1 Å². The Kier molecular flexibility index (Phi) is 8.10. The number of benzene rings is 2. The number of allylic oxidation sites excluding steroid dienone is 4. The normalized spacial score (nSPS) is 16.5. The number of carbonyl (C=O) groups excluding carboxylic acids is 2. The van der Waals surface area contributed by atoms with Crippen LogP contribution in [0.2, 0.25) is 0 Å². The Balaban J connectivity index is 1.70. The monoisotopic (exact) mass is 447 g/mol. The molecule has 2 aromatic rings. The van der Waals surface area contributed by atoms with E-state index in [1.165, 1.54) is 4.90 Å². The Morgan fingerprint density at radius 2 is 1.67 bits per heavy atom. The fourth-order valence-corrected chi connectivity index (χ4v) is 3.67. The lowest BCUT2D eigenvalue weighted by atomic mass is 9.88. The van der Waals surface area contributed by atoms with E-state index in [1.54, 1.807) is 27.8 Å². The summed E-state index contributed by atoms with van der Waals surface area (Å²) in [5.74, 6) is -0.324. The smallest absolute Gasteiger partial charge is 0.410 e. The highest BCUT2D eigenvalue weighted by atomic mass is 16.6. The van der Waals surface area contributed by atoms with E-state index in [-0.39, 0.29) is 12.5 Å². The van der Waals surface area contributed by atoms with Crippen molar-refractivity contribution in [3.8, 4) is 0 Å². The first-order chi connectivity index (χ1) is 15.7. The highest BCUT2D eigenvalue weighted by Gasteiger charge is 2.33. The summed E-state index contributed by atoms with van der Waals surface area (Å²) in [4.78, 5) is 27.2. The van der Waals surface area contributed by atoms with Gasteiger partial charge in [-0.25, -0.2) is 9.59 Å². The third kappa shape index (κ3) is 7.35. The van der Waals surface area contributed by atoms with Gasteiger partial charge in [0.25, 0.3) is 0 Å². The minimum absolute atomic E-state index is 0.108. The number of likely N-dealkylation sites (N-methyl/N-ethyl adjacent to an activating group) is 1. The lowest BCUT2D eigenvalue weighted by molar-refractivity contribution is -0.151. The molecule has 174 valence electrons. The van der Waals surface area contributed by atoms with Gasteiger partial charge < -0.3 is 9.47 Å². The van der Waals surface area contributed by atoms with Crippen LogP contribution in [0.4, 0.5) is 4.79 Å². The predicted molar refractivity (Wildman–Crippen MR) is 130 cm³/mol. The highest BCUT2D eigenvalue weighted by molar-refractivity contribution is 5.81. The van der Waals surface area contributed by atoms with Crippen molar-refractivity contribution in [1.82, 2.24) is 4.90 Å². The van der Waals surface area contributed by atoms with Crippen LogP contribution in [0.5, 0.6) is 0 Å². The van der Waals surface area contributed by atoms with Gasteiger partial charge in [-0.1, -0.05) is 78.9 Å². The van der Waals surface area contributed by atoms with Crippen LogP contribution in [-0.2, 0) is 20.9 Å². The van der Waals surface area contributed by atoms with Crippen LogP contribution >= 0.6 is 0 Å². The summed E-state index contributed by atoms with van der Waals surface area (Å²) in [6.45, 7) is 5.58. The summed E-state index contributed by atoms with van der Waals surface area (Å²) in [6, 6.07) is 19.0. The van der Waals surface area contributed by atoms with E-state index in [9.17, 15) is 9.59 Å². The van der Waals surface area contributed by atoms with Crippen LogP contribution in [0.3, 0.4) is 0 Å². The van der Waals surface area contributed by atoms with Crippen molar-refractivity contribution in [2.45, 2.75) is 51.9 Å². The Bertz CT molecular complexity index is 990. The molecule has 0 aromatic heterocycles. The van der Waals surface area contributed by atoms with E-state index in [0.29, 0.717) is 6.42 Å². The number of hydrogen-bond donors (Lipinski definition) is 0. The van der Waals surface area contributed by atoms with Crippen molar-refractivity contribution < 1.29 is 19.1 Å². The Morgan fingerprint density at radius 3 is 2.24 bits per heavy atom. The van der Waals surface area contributed by atoms with Crippen LogP contribution in [0.25, 0.3) is 5.57 Å². The molecule has 5 heteroatoms. The summed E-state index contributed by atoms with van der Waals surface area (Å²) < 4.78 is 11.1. The van der Waals surface area contributed by atoms with Gasteiger partial charge in [0.2, 0.25) is 0 Å². The molecule has 5 nitrogen and oxygen atoms in total. The maximum atomic E-state index is 13.1. The largest absolute Gasteiger partial charge is 0.459 e. The quantitative estimate of drug-likeness (QED) is 0.487. The van der Waals surface area contributed by atoms with Gasteiger partial charge in [0.05, 0.1) is 0 Å². The zero-order valence-electron chi connectivity index (χ0n) is 19.9. The molecule has 2 atom stereocenters. The van der Waals surface area contributed by atoms with E-state index in [2.05, 4.69) is 30.4 Å². The third-order valence-electron chi connectivity index (χ3n) is 5.47. The molecule has 0 spiro atoms. The summed E-state index contributed by atoms with van der Waals surface area (Å²) in [7, 11) is 1.60. The average Bonchev–Trinajstić information content (AvgIpc) is 2.81. The second-order valence-electron chi connectivity index (χ2n) is 9.32. The summed E-state index contributed by atoms with van der Waals surface area (Å²) in [5, 5.41) is 0. The molecule has 1 amide bonds. The van der Waals surface area contributed by atoms with E-state index >= 15 is 0 Å². The Labute approximate surface area is 196 Å². The molecule has 0 bridgehead atoms. The SMILES string of the molecule is CN(C(=O)OC(C)(C)C)[C@@H](CC1C=CC(c2ccccc2)=CC1)C(=O)OCc1ccccc1. The van der Waals surface area contributed by atoms with Crippen molar-refractivity contribution in [2.75, 3.05) is 7.05 Å². The second kappa shape index (κ2) is 11.0. The fraction of sp³-hybridized carbons (Fsp3) is 0.357. The maximum absolute atomic E-state index is 13.1. The van der Waals surface area contributed by atoms with Gasteiger partial charge in [-0.3, -0.25) is 4.90 Å². The van der Waals surface area contributed by atoms with Gasteiger partial charge in [-0.2, -0.15) is 0 Å². The number of ether oxygens (including phenoxy) is 2. The minimum atomic E-state index is -0.745. The van der Waals surface area contributed by atoms with Crippen LogP contribution in [-0.4, -0.2) is 35.7 Å². The molecule has 0 N–H and O–H groups in total. The van der Waals surface area contributed by atoms with Crippen LogP contribution in [0.1, 0.15) is 44.7 Å². The Morgan fingerprint density at radius 1 is 1.03 bits per heavy atom. The van der Waals surface area contributed by atoms with Crippen LogP contribution in [0, 0.1) is 5.92 Å². The number of carbonyl (C=O) groups is 2. The average molecular weight is 448 g/mol. The van der Waals surface area contributed by atoms with Gasteiger partial charge in [-0.05, 0) is 56.2 Å². The molecule has 0 radical (unpaired) electrons. The Hall–Kier alpha value is -3.34. The number of hydrogen-bond acceptors (Lipinski definition) is 4. The molecule has 0 saturated carbocycles. The molecular formula is C28H33NO4. The lowest BCUT2D eigenvalue weighted by Crippen LogP contribution is -2.46. The molecule has 1 unspecified atom stereocenters. The van der Waals surface area contributed by atoms with Gasteiger partial charge in [0.15, 0.2) is 0 Å². The molecule has 0 aliphatic heterocycles. The third-order valence-corrected chi connectivity index (χ3v) is 5.47. The molecule has 2 aromatic carbocycles. The summed E-state index contributed by atoms with van der Waals surface area (Å²) in [6.07, 6.45) is 7.08. The van der Waals surface area contributed by atoms with Gasteiger partial charge in [0.1, 0.15) is 18.2 Å². The highest BCUT2D eigenvalue weighted by Crippen LogP contribution is 2.28. The lowest BCUT2D eigenvalue weighted by Gasteiger charge is -2.31. The number of esters is 1. The van der Waals surface area contributed by atoms with Crippen molar-refractivity contribution in [1.29, 1.82) is 0 Å². The molecule has 1 aliphatic carbocycles. The standard InChI is InChI=1S/C28H33NO4/c1-28(2,3)33-27(31)29(4)25(26(30)32-20-22-11-7-5-8-12-22)19-21-15-17-24(18-16-21)23-13-9-6-10-14-23/h5-15,17-18,21,25H,16,19-20H2,1-4H3/t21?,25-/m0/s1. The summed E-state index contributed by atoms with van der Waals surface area (Å²) in [5.41, 5.74) is 2.58. The molecule has 1 aliphatic rings. The van der Waals surface area contributed by atoms with E-state index in [1.807, 2.05) is 48.5 Å². The molecule has 0 saturated heterocycles. The van der Waals surface area contributed by atoms with E-state index in [0.717, 1.165) is 23.1 Å². The van der Waals surface area contributed by atoms with Gasteiger partial charge in [-0.15, -0.1) is 0 Å². The van der Waals surface area contributed by atoms with E-state index < -0.39 is 23.7 Å². The van der Waals surface area contributed by atoms with Crippen molar-refractivity contribution in [3.05, 3.63) is 90.0 Å². The number of nitrogens with zero attached hydrogens (tertiary/aromatic N) is 1. The molecule has 3 rings (SSSR count). The fourth-order valence-electron chi connectivity index (χ4n) is 3.67. The van der Waals surface area contributed by atoms with Gasteiger partial charge in [0, 0.05) is 7.05 Å². The first-order valence-corrected chi connectivity index (χ1v) is 11.3. The molecular weight excluding hydrogens is 414 g/mol. The van der Waals surface area contributed by atoms with Crippen LogP contribution < -0.4 is 0 Å². The second-order valence-corrected chi connectivity index (χ2v) is 9.32.